The maximum Gasteiger partial charge on any atom is 0.0355 e. The Kier molecular flexibility index (Phi) is 4.32. The van der Waals surface area contributed by atoms with Gasteiger partial charge in [0.15, 0.2) is 0 Å². The molecule has 6 aromatic carbocycles. The summed E-state index contributed by atoms with van der Waals surface area (Å²) >= 11 is 0. The van der Waals surface area contributed by atoms with Crippen molar-refractivity contribution in [1.29, 1.82) is 0 Å². The minimum atomic E-state index is 0.271. The molecule has 0 N–H and O–H groups in total. The highest BCUT2D eigenvalue weighted by molar-refractivity contribution is 6.10. The normalized spacial score (nSPS) is 16.2. The predicted molar refractivity (Wildman–Crippen MR) is 163 cm³/mol. The van der Waals surface area contributed by atoms with Crippen molar-refractivity contribution >= 4 is 21.9 Å². The van der Waals surface area contributed by atoms with E-state index in [9.17, 15) is 0 Å². The zero-order valence-electron chi connectivity index (χ0n) is 21.6. The third-order valence-corrected chi connectivity index (χ3v) is 9.25. The Morgan fingerprint density at radius 1 is 0.462 bits per heavy atom. The Hall–Kier alpha value is -4.68. The molecule has 39 heavy (non-hydrogen) atoms. The molecule has 3 aliphatic rings. The summed E-state index contributed by atoms with van der Waals surface area (Å²) in [5, 5.41) is 2.71. The van der Waals surface area contributed by atoms with Crippen LogP contribution in [0.5, 0.6) is 0 Å². The van der Waals surface area contributed by atoms with Gasteiger partial charge < -0.3 is 0 Å². The molecule has 0 nitrogen and oxygen atoms in total. The quantitative estimate of drug-likeness (QED) is 0.224. The molecule has 0 radical (unpaired) electrons. The van der Waals surface area contributed by atoms with Gasteiger partial charge in [-0.2, -0.15) is 0 Å². The fraction of sp³-hybridized carbons (Fsp3) is 0.0769. The van der Waals surface area contributed by atoms with E-state index in [4.69, 9.17) is 0 Å². The van der Waals surface area contributed by atoms with Gasteiger partial charge >= 0.3 is 0 Å². The van der Waals surface area contributed by atoms with E-state index in [1.54, 1.807) is 0 Å². The van der Waals surface area contributed by atoms with Crippen LogP contribution in [-0.4, -0.2) is 0 Å². The Bertz CT molecular complexity index is 2000. The summed E-state index contributed by atoms with van der Waals surface area (Å²) in [5.41, 5.74) is 18.7. The molecule has 1 unspecified atom stereocenters. The van der Waals surface area contributed by atoms with Gasteiger partial charge in [-0.15, -0.1) is 0 Å². The molecule has 1 atom stereocenters. The van der Waals surface area contributed by atoms with Crippen LogP contribution in [0.25, 0.3) is 44.2 Å². The lowest BCUT2D eigenvalue weighted by atomic mass is 9.81. The maximum atomic E-state index is 2.37. The molecule has 0 bridgehead atoms. The molecule has 0 amide bonds. The standard InChI is InChI=1S/C39H26/c1-2-11-25(12-3-1)37-30-17-7-6-16-29(30)35-23-27-14-9-19-32(38(27)39(35)37)31-18-8-13-26-22-34-28-15-5-4-10-24(28)20-21-33(34)36(26)31/h1-21,37H,22-23H2. The smallest absolute Gasteiger partial charge is 0.0355 e. The molecule has 0 spiro atoms. The summed E-state index contributed by atoms with van der Waals surface area (Å²) in [6.45, 7) is 0. The molecule has 0 fully saturated rings. The number of hydrogen-bond donors (Lipinski definition) is 0. The van der Waals surface area contributed by atoms with Crippen molar-refractivity contribution in [2.45, 2.75) is 18.8 Å². The largest absolute Gasteiger partial charge is 0.0622 e. The van der Waals surface area contributed by atoms with E-state index in [-0.39, 0.29) is 5.92 Å². The predicted octanol–water partition coefficient (Wildman–Crippen LogP) is 9.69. The van der Waals surface area contributed by atoms with E-state index in [1.807, 2.05) is 0 Å². The van der Waals surface area contributed by atoms with Gasteiger partial charge in [-0.25, -0.2) is 0 Å². The highest BCUT2D eigenvalue weighted by atomic mass is 14.4. The Morgan fingerprint density at radius 2 is 1.15 bits per heavy atom. The van der Waals surface area contributed by atoms with Crippen LogP contribution in [0.3, 0.4) is 0 Å². The average Bonchev–Trinajstić information content (AvgIpc) is 3.66. The molecule has 0 saturated carbocycles. The van der Waals surface area contributed by atoms with E-state index in [0.717, 1.165) is 12.8 Å². The molecule has 9 rings (SSSR count). The molecular weight excluding hydrogens is 468 g/mol. The van der Waals surface area contributed by atoms with Gasteiger partial charge in [-0.3, -0.25) is 0 Å². The fourth-order valence-corrected chi connectivity index (χ4v) is 7.70. The van der Waals surface area contributed by atoms with Crippen molar-refractivity contribution in [1.82, 2.24) is 0 Å². The van der Waals surface area contributed by atoms with Crippen molar-refractivity contribution in [3.05, 3.63) is 166 Å². The second-order valence-corrected chi connectivity index (χ2v) is 11.2. The number of benzene rings is 6. The topological polar surface area (TPSA) is 0 Å². The number of allylic oxidation sites excluding steroid dienone is 2. The van der Waals surface area contributed by atoms with E-state index < -0.39 is 0 Å². The van der Waals surface area contributed by atoms with Crippen LogP contribution in [0.2, 0.25) is 0 Å². The summed E-state index contributed by atoms with van der Waals surface area (Å²) in [6.07, 6.45) is 2.01. The molecule has 182 valence electrons. The molecule has 0 heterocycles. The Labute approximate surface area is 228 Å². The zero-order chi connectivity index (χ0) is 25.5. The van der Waals surface area contributed by atoms with Gasteiger partial charge in [-0.1, -0.05) is 127 Å². The molecule has 0 aromatic heterocycles. The van der Waals surface area contributed by atoms with Gasteiger partial charge in [0, 0.05) is 5.92 Å². The summed E-state index contributed by atoms with van der Waals surface area (Å²) in [6, 6.07) is 47.6. The molecular formula is C39H26. The zero-order valence-corrected chi connectivity index (χ0v) is 21.6. The second kappa shape index (κ2) is 7.91. The van der Waals surface area contributed by atoms with Crippen LogP contribution < -0.4 is 0 Å². The van der Waals surface area contributed by atoms with E-state index in [0.29, 0.717) is 0 Å². The van der Waals surface area contributed by atoms with Crippen LogP contribution in [0.15, 0.2) is 127 Å². The third-order valence-electron chi connectivity index (χ3n) is 9.25. The van der Waals surface area contributed by atoms with Crippen LogP contribution in [0.1, 0.15) is 44.9 Å². The van der Waals surface area contributed by atoms with Crippen LogP contribution in [-0.2, 0) is 12.8 Å². The monoisotopic (exact) mass is 494 g/mol. The van der Waals surface area contributed by atoms with Crippen molar-refractivity contribution in [2.24, 2.45) is 0 Å². The van der Waals surface area contributed by atoms with Gasteiger partial charge in [-0.05, 0) is 96.0 Å². The fourth-order valence-electron chi connectivity index (χ4n) is 7.70. The first-order valence-corrected chi connectivity index (χ1v) is 14.0. The molecule has 0 heteroatoms. The third kappa shape index (κ3) is 2.89. The molecule has 6 aromatic rings. The highest BCUT2D eigenvalue weighted by Crippen LogP contribution is 2.58. The second-order valence-electron chi connectivity index (χ2n) is 11.2. The van der Waals surface area contributed by atoms with E-state index in [1.165, 1.54) is 83.1 Å². The summed E-state index contributed by atoms with van der Waals surface area (Å²) in [4.78, 5) is 0. The lowest BCUT2D eigenvalue weighted by Crippen LogP contribution is -2.03. The van der Waals surface area contributed by atoms with Gasteiger partial charge in [0.05, 0.1) is 0 Å². The summed E-state index contributed by atoms with van der Waals surface area (Å²) < 4.78 is 0. The first kappa shape index (κ1) is 21.3. The van der Waals surface area contributed by atoms with Crippen molar-refractivity contribution in [3.63, 3.8) is 0 Å². The van der Waals surface area contributed by atoms with Crippen LogP contribution >= 0.6 is 0 Å². The number of rotatable bonds is 2. The molecule has 0 aliphatic heterocycles. The first-order chi connectivity index (χ1) is 19.4. The van der Waals surface area contributed by atoms with Crippen molar-refractivity contribution in [3.8, 4) is 22.3 Å². The maximum absolute atomic E-state index is 2.37. The summed E-state index contributed by atoms with van der Waals surface area (Å²) in [5.74, 6) is 0.271. The Balaban J connectivity index is 1.30. The van der Waals surface area contributed by atoms with Gasteiger partial charge in [0.2, 0.25) is 0 Å². The van der Waals surface area contributed by atoms with Crippen LogP contribution in [0, 0.1) is 0 Å². The average molecular weight is 495 g/mol. The minimum absolute atomic E-state index is 0.271. The van der Waals surface area contributed by atoms with E-state index in [2.05, 4.69) is 127 Å². The first-order valence-electron chi connectivity index (χ1n) is 14.0. The summed E-state index contributed by atoms with van der Waals surface area (Å²) in [7, 11) is 0. The minimum Gasteiger partial charge on any atom is -0.0622 e. The SMILES string of the molecule is c1ccc(C2C3=C(Cc4cccc(-c5cccc6c5-c5ccc7ccccc7c5C6)c43)c3ccccc32)cc1. The number of hydrogen-bond acceptors (Lipinski definition) is 0. The van der Waals surface area contributed by atoms with Crippen LogP contribution in [0.4, 0.5) is 0 Å². The highest BCUT2D eigenvalue weighted by Gasteiger charge is 2.39. The van der Waals surface area contributed by atoms with Gasteiger partial charge in [0.1, 0.15) is 0 Å². The lowest BCUT2D eigenvalue weighted by molar-refractivity contribution is 1.06. The lowest BCUT2D eigenvalue weighted by Gasteiger charge is -2.22. The number of fused-ring (bicyclic) bond motifs is 9. The van der Waals surface area contributed by atoms with E-state index >= 15 is 0 Å². The van der Waals surface area contributed by atoms with Crippen molar-refractivity contribution < 1.29 is 0 Å². The molecule has 0 saturated heterocycles. The van der Waals surface area contributed by atoms with Crippen molar-refractivity contribution in [2.75, 3.05) is 0 Å². The Morgan fingerprint density at radius 3 is 2.03 bits per heavy atom. The van der Waals surface area contributed by atoms with Gasteiger partial charge in [0.25, 0.3) is 0 Å². The molecule has 3 aliphatic carbocycles.